The van der Waals surface area contributed by atoms with E-state index in [1.807, 2.05) is 0 Å². The molecule has 0 atom stereocenters. The highest BCUT2D eigenvalue weighted by Crippen LogP contribution is 2.40. The van der Waals surface area contributed by atoms with Crippen LogP contribution in [0.2, 0.25) is 0 Å². The van der Waals surface area contributed by atoms with E-state index in [2.05, 4.69) is 17.1 Å². The number of nitrogens with zero attached hydrogens (tertiary/aromatic N) is 1. The standard InChI is InChI=1S/C17H32N2O.2ClH/c1-16(7-13-20-14-8-16)15-19-11-2-3-17(6-12-19)4-9-18-10-5-17;;/h18H,2-15H2,1H3;2*1H. The summed E-state index contributed by atoms with van der Waals surface area (Å²) >= 11 is 0. The smallest absolute Gasteiger partial charge is 0.0471 e. The van der Waals surface area contributed by atoms with Crippen molar-refractivity contribution in [3.63, 3.8) is 0 Å². The summed E-state index contributed by atoms with van der Waals surface area (Å²) in [4.78, 5) is 2.77. The molecule has 5 heteroatoms. The summed E-state index contributed by atoms with van der Waals surface area (Å²) in [5.41, 5.74) is 1.18. The van der Waals surface area contributed by atoms with Crippen molar-refractivity contribution >= 4 is 24.8 Å². The molecule has 3 fully saturated rings. The second kappa shape index (κ2) is 9.08. The predicted molar refractivity (Wildman–Crippen MR) is 97.5 cm³/mol. The van der Waals surface area contributed by atoms with E-state index in [1.165, 1.54) is 77.7 Å². The molecule has 0 unspecified atom stereocenters. The lowest BCUT2D eigenvalue weighted by atomic mass is 9.73. The van der Waals surface area contributed by atoms with Gasteiger partial charge in [-0.15, -0.1) is 24.8 Å². The highest BCUT2D eigenvalue weighted by atomic mass is 35.5. The van der Waals surface area contributed by atoms with E-state index in [-0.39, 0.29) is 24.8 Å². The Hall–Kier alpha value is 0.460. The van der Waals surface area contributed by atoms with Crippen LogP contribution in [-0.2, 0) is 4.74 Å². The van der Waals surface area contributed by atoms with Gasteiger partial charge < -0.3 is 15.0 Å². The Balaban J connectivity index is 0.00000121. The molecular formula is C17H34Cl2N2O. The Morgan fingerprint density at radius 2 is 1.59 bits per heavy atom. The molecule has 0 amide bonds. The van der Waals surface area contributed by atoms with Crippen LogP contribution in [0.25, 0.3) is 0 Å². The quantitative estimate of drug-likeness (QED) is 0.822. The lowest BCUT2D eigenvalue weighted by Gasteiger charge is -2.39. The Bertz CT molecular complexity index is 316. The fraction of sp³-hybridized carbons (Fsp3) is 1.00. The van der Waals surface area contributed by atoms with E-state index in [0.717, 1.165) is 13.2 Å². The molecule has 0 radical (unpaired) electrons. The van der Waals surface area contributed by atoms with Crippen LogP contribution < -0.4 is 5.32 Å². The van der Waals surface area contributed by atoms with Crippen molar-refractivity contribution in [2.45, 2.75) is 51.9 Å². The highest BCUT2D eigenvalue weighted by Gasteiger charge is 2.36. The van der Waals surface area contributed by atoms with Crippen molar-refractivity contribution < 1.29 is 4.74 Å². The summed E-state index contributed by atoms with van der Waals surface area (Å²) in [6.07, 6.45) is 9.62. The van der Waals surface area contributed by atoms with Crippen LogP contribution in [0.5, 0.6) is 0 Å². The molecule has 1 N–H and O–H groups in total. The second-order valence-corrected chi connectivity index (χ2v) is 7.80. The van der Waals surface area contributed by atoms with Gasteiger partial charge in [-0.3, -0.25) is 0 Å². The largest absolute Gasteiger partial charge is 0.381 e. The van der Waals surface area contributed by atoms with Crippen LogP contribution in [0.1, 0.15) is 51.9 Å². The van der Waals surface area contributed by atoms with E-state index >= 15 is 0 Å². The Labute approximate surface area is 148 Å². The third-order valence-electron chi connectivity index (χ3n) is 6.11. The third-order valence-corrected chi connectivity index (χ3v) is 6.11. The molecule has 3 heterocycles. The normalized spacial score (nSPS) is 28.2. The van der Waals surface area contributed by atoms with Gasteiger partial charge in [-0.05, 0) is 82.0 Å². The number of piperidine rings is 1. The van der Waals surface area contributed by atoms with E-state index in [1.54, 1.807) is 0 Å². The second-order valence-electron chi connectivity index (χ2n) is 7.80. The van der Waals surface area contributed by atoms with Crippen molar-refractivity contribution in [3.05, 3.63) is 0 Å². The summed E-state index contributed by atoms with van der Waals surface area (Å²) in [7, 11) is 0. The number of nitrogens with one attached hydrogen (secondary N) is 1. The number of hydrogen-bond donors (Lipinski definition) is 1. The van der Waals surface area contributed by atoms with Crippen LogP contribution in [0, 0.1) is 10.8 Å². The number of hydrogen-bond acceptors (Lipinski definition) is 3. The zero-order valence-electron chi connectivity index (χ0n) is 14.1. The summed E-state index contributed by atoms with van der Waals surface area (Å²) in [6, 6.07) is 0. The molecule has 3 saturated heterocycles. The van der Waals surface area contributed by atoms with Gasteiger partial charge in [0, 0.05) is 19.8 Å². The van der Waals surface area contributed by atoms with Gasteiger partial charge in [0.2, 0.25) is 0 Å². The van der Waals surface area contributed by atoms with Gasteiger partial charge in [0.05, 0.1) is 0 Å². The summed E-state index contributed by atoms with van der Waals surface area (Å²) in [5.74, 6) is 0. The molecule has 1 spiro atoms. The maximum atomic E-state index is 5.54. The Kier molecular flexibility index (Phi) is 8.46. The van der Waals surface area contributed by atoms with Crippen molar-refractivity contribution in [2.75, 3.05) is 45.9 Å². The van der Waals surface area contributed by atoms with Crippen LogP contribution in [0.3, 0.4) is 0 Å². The molecule has 3 rings (SSSR count). The number of rotatable bonds is 2. The van der Waals surface area contributed by atoms with Crippen molar-refractivity contribution in [2.24, 2.45) is 10.8 Å². The molecule has 0 aromatic carbocycles. The molecule has 3 aliphatic rings. The van der Waals surface area contributed by atoms with Crippen LogP contribution in [0.4, 0.5) is 0 Å². The topological polar surface area (TPSA) is 24.5 Å². The van der Waals surface area contributed by atoms with Gasteiger partial charge in [0.15, 0.2) is 0 Å². The average molecular weight is 353 g/mol. The Morgan fingerprint density at radius 1 is 0.909 bits per heavy atom. The lowest BCUT2D eigenvalue weighted by molar-refractivity contribution is 0.00486. The summed E-state index contributed by atoms with van der Waals surface area (Å²) < 4.78 is 5.54. The summed E-state index contributed by atoms with van der Waals surface area (Å²) in [5, 5.41) is 3.53. The molecule has 0 bridgehead atoms. The molecule has 0 aromatic heterocycles. The van der Waals surface area contributed by atoms with Crippen molar-refractivity contribution in [3.8, 4) is 0 Å². The average Bonchev–Trinajstić information content (AvgIpc) is 2.63. The molecule has 0 saturated carbocycles. The minimum atomic E-state index is 0. The Morgan fingerprint density at radius 3 is 2.27 bits per heavy atom. The third kappa shape index (κ3) is 5.24. The van der Waals surface area contributed by atoms with Crippen LogP contribution in [0.15, 0.2) is 0 Å². The number of halogens is 2. The van der Waals surface area contributed by atoms with Gasteiger partial charge >= 0.3 is 0 Å². The zero-order chi connectivity index (χ0) is 13.9. The maximum absolute atomic E-state index is 5.54. The van der Waals surface area contributed by atoms with Crippen LogP contribution >= 0.6 is 24.8 Å². The molecule has 0 aromatic rings. The fourth-order valence-corrected chi connectivity index (χ4v) is 4.49. The van der Waals surface area contributed by atoms with E-state index in [0.29, 0.717) is 10.8 Å². The van der Waals surface area contributed by atoms with Gasteiger partial charge in [-0.25, -0.2) is 0 Å². The monoisotopic (exact) mass is 352 g/mol. The lowest BCUT2D eigenvalue weighted by Crippen LogP contribution is -2.41. The van der Waals surface area contributed by atoms with E-state index < -0.39 is 0 Å². The summed E-state index contributed by atoms with van der Waals surface area (Å²) in [6.45, 7) is 10.9. The fourth-order valence-electron chi connectivity index (χ4n) is 4.49. The predicted octanol–water partition coefficient (Wildman–Crippen LogP) is 3.50. The van der Waals surface area contributed by atoms with E-state index in [4.69, 9.17) is 4.74 Å². The molecule has 22 heavy (non-hydrogen) atoms. The molecule has 3 aliphatic heterocycles. The number of likely N-dealkylation sites (tertiary alicyclic amines) is 1. The zero-order valence-corrected chi connectivity index (χ0v) is 15.7. The molecule has 3 nitrogen and oxygen atoms in total. The molecular weight excluding hydrogens is 319 g/mol. The van der Waals surface area contributed by atoms with Crippen LogP contribution in [-0.4, -0.2) is 50.8 Å². The van der Waals surface area contributed by atoms with Crippen molar-refractivity contribution in [1.29, 1.82) is 0 Å². The van der Waals surface area contributed by atoms with Crippen molar-refractivity contribution in [1.82, 2.24) is 10.2 Å². The van der Waals surface area contributed by atoms with Gasteiger partial charge in [0.25, 0.3) is 0 Å². The SMILES string of the molecule is CC1(CN2CCCC3(CCNCC3)CC2)CCOCC1.Cl.Cl. The number of ether oxygens (including phenoxy) is 1. The van der Waals surface area contributed by atoms with Gasteiger partial charge in [-0.1, -0.05) is 6.92 Å². The minimum absolute atomic E-state index is 0. The molecule has 132 valence electrons. The highest BCUT2D eigenvalue weighted by molar-refractivity contribution is 5.85. The minimum Gasteiger partial charge on any atom is -0.381 e. The maximum Gasteiger partial charge on any atom is 0.0471 e. The molecule has 0 aliphatic carbocycles. The van der Waals surface area contributed by atoms with E-state index in [9.17, 15) is 0 Å². The van der Waals surface area contributed by atoms with Gasteiger partial charge in [-0.2, -0.15) is 0 Å². The first-order chi connectivity index (χ1) is 9.70. The first kappa shape index (κ1) is 20.5. The first-order valence-corrected chi connectivity index (χ1v) is 8.71. The van der Waals surface area contributed by atoms with Gasteiger partial charge in [0.1, 0.15) is 0 Å². The first-order valence-electron chi connectivity index (χ1n) is 8.71.